The number of ether oxygens (including phenoxy) is 2. The molecule has 1 aliphatic rings. The van der Waals surface area contributed by atoms with E-state index in [4.69, 9.17) is 9.47 Å². The van der Waals surface area contributed by atoms with Gasteiger partial charge in [0.05, 0.1) is 13.7 Å². The van der Waals surface area contributed by atoms with Crippen LogP contribution in [-0.2, 0) is 22.6 Å². The topological polar surface area (TPSA) is 59.1 Å². The molecule has 160 valence electrons. The Hall–Kier alpha value is -2.86. The van der Waals surface area contributed by atoms with Crippen molar-refractivity contribution >= 4 is 11.8 Å². The molecule has 2 aromatic carbocycles. The van der Waals surface area contributed by atoms with Gasteiger partial charge in [-0.3, -0.25) is 9.59 Å². The van der Waals surface area contributed by atoms with Crippen molar-refractivity contribution in [1.29, 1.82) is 0 Å². The first-order valence-corrected chi connectivity index (χ1v) is 10.4. The van der Waals surface area contributed by atoms with Crippen molar-refractivity contribution in [3.63, 3.8) is 0 Å². The number of hydrogen-bond donors (Lipinski definition) is 0. The van der Waals surface area contributed by atoms with Crippen molar-refractivity contribution in [3.8, 4) is 5.75 Å². The molecule has 6 nitrogen and oxygen atoms in total. The van der Waals surface area contributed by atoms with Crippen LogP contribution in [0.1, 0.15) is 34.3 Å². The van der Waals surface area contributed by atoms with E-state index in [0.717, 1.165) is 23.3 Å². The number of amides is 2. The molecule has 3 rings (SSSR count). The van der Waals surface area contributed by atoms with E-state index < -0.39 is 0 Å². The minimum absolute atomic E-state index is 0.0199. The lowest BCUT2D eigenvalue weighted by Crippen LogP contribution is -2.37. The maximum atomic E-state index is 12.8. The van der Waals surface area contributed by atoms with E-state index >= 15 is 0 Å². The molecular weight excluding hydrogens is 380 g/mol. The van der Waals surface area contributed by atoms with Crippen molar-refractivity contribution in [2.75, 3.05) is 40.4 Å². The van der Waals surface area contributed by atoms with E-state index in [2.05, 4.69) is 0 Å². The molecule has 0 unspecified atom stereocenters. The molecule has 2 amide bonds. The zero-order valence-corrected chi connectivity index (χ0v) is 17.8. The number of aryl methyl sites for hydroxylation is 1. The predicted octanol–water partition coefficient (Wildman–Crippen LogP) is 3.15. The normalized spacial score (nSPS) is 14.3. The first kappa shape index (κ1) is 21.8. The number of hydrogen-bond acceptors (Lipinski definition) is 4. The monoisotopic (exact) mass is 410 g/mol. The first-order chi connectivity index (χ1) is 14.6. The average Bonchev–Trinajstić information content (AvgIpc) is 3.04. The highest BCUT2D eigenvalue weighted by Crippen LogP contribution is 2.15. The summed E-state index contributed by atoms with van der Waals surface area (Å²) < 4.78 is 10.3. The molecule has 1 saturated heterocycles. The molecule has 1 aliphatic heterocycles. The molecule has 6 heteroatoms. The molecule has 0 aliphatic carbocycles. The van der Waals surface area contributed by atoms with Gasteiger partial charge in [0.2, 0.25) is 5.91 Å². The molecule has 0 saturated carbocycles. The highest BCUT2D eigenvalue weighted by molar-refractivity contribution is 5.94. The smallest absolute Gasteiger partial charge is 0.253 e. The van der Waals surface area contributed by atoms with Crippen molar-refractivity contribution in [3.05, 3.63) is 65.2 Å². The zero-order valence-electron chi connectivity index (χ0n) is 17.8. The summed E-state index contributed by atoms with van der Waals surface area (Å²) >= 11 is 0. The van der Waals surface area contributed by atoms with Crippen LogP contribution < -0.4 is 4.74 Å². The van der Waals surface area contributed by atoms with Crippen LogP contribution in [0.5, 0.6) is 5.75 Å². The number of methoxy groups -OCH3 is 2. The van der Waals surface area contributed by atoms with Crippen LogP contribution in [0.2, 0.25) is 0 Å². The molecule has 0 N–H and O–H groups in total. The third kappa shape index (κ3) is 5.83. The molecule has 0 radical (unpaired) electrons. The Balaban J connectivity index is 1.50. The van der Waals surface area contributed by atoms with Crippen LogP contribution in [0.4, 0.5) is 0 Å². The van der Waals surface area contributed by atoms with Gasteiger partial charge in [-0.2, -0.15) is 0 Å². The Bertz CT molecular complexity index is 833. The lowest BCUT2D eigenvalue weighted by molar-refractivity contribution is -0.131. The molecule has 1 fully saturated rings. The maximum Gasteiger partial charge on any atom is 0.253 e. The minimum atomic E-state index is 0.0199. The van der Waals surface area contributed by atoms with Crippen molar-refractivity contribution in [1.82, 2.24) is 9.80 Å². The summed E-state index contributed by atoms with van der Waals surface area (Å²) in [4.78, 5) is 29.3. The quantitative estimate of drug-likeness (QED) is 0.704. The van der Waals surface area contributed by atoms with Crippen LogP contribution in [-0.4, -0.2) is 62.0 Å². The average molecular weight is 411 g/mol. The van der Waals surface area contributed by atoms with Gasteiger partial charge in [0.15, 0.2) is 0 Å². The van der Waals surface area contributed by atoms with Gasteiger partial charge in [0.1, 0.15) is 5.75 Å². The lowest BCUT2D eigenvalue weighted by Gasteiger charge is -2.22. The molecule has 1 heterocycles. The molecule has 0 atom stereocenters. The number of nitrogens with zero attached hydrogens (tertiary/aromatic N) is 2. The Labute approximate surface area is 178 Å². The third-order valence-electron chi connectivity index (χ3n) is 5.43. The summed E-state index contributed by atoms with van der Waals surface area (Å²) in [6.07, 6.45) is 1.97. The highest BCUT2D eigenvalue weighted by Gasteiger charge is 2.22. The summed E-state index contributed by atoms with van der Waals surface area (Å²) in [5.41, 5.74) is 2.83. The van der Waals surface area contributed by atoms with Gasteiger partial charge in [0.25, 0.3) is 5.91 Å². The number of rotatable bonds is 7. The Morgan fingerprint density at radius 2 is 1.47 bits per heavy atom. The van der Waals surface area contributed by atoms with Crippen molar-refractivity contribution in [2.24, 2.45) is 0 Å². The molecule has 0 aromatic heterocycles. The second-order valence-corrected chi connectivity index (χ2v) is 7.50. The minimum Gasteiger partial charge on any atom is -0.497 e. The largest absolute Gasteiger partial charge is 0.497 e. The van der Waals surface area contributed by atoms with E-state index in [1.807, 2.05) is 58.3 Å². The van der Waals surface area contributed by atoms with E-state index in [1.54, 1.807) is 14.2 Å². The van der Waals surface area contributed by atoms with E-state index in [-0.39, 0.29) is 11.8 Å². The Kier molecular flexibility index (Phi) is 7.85. The summed E-state index contributed by atoms with van der Waals surface area (Å²) in [5, 5.41) is 0. The van der Waals surface area contributed by atoms with E-state index in [0.29, 0.717) is 51.2 Å². The van der Waals surface area contributed by atoms with Gasteiger partial charge in [-0.15, -0.1) is 0 Å². The summed E-state index contributed by atoms with van der Waals surface area (Å²) in [6, 6.07) is 15.3. The van der Waals surface area contributed by atoms with Gasteiger partial charge in [-0.1, -0.05) is 24.3 Å². The van der Waals surface area contributed by atoms with Crippen LogP contribution in [0, 0.1) is 0 Å². The van der Waals surface area contributed by atoms with Crippen LogP contribution >= 0.6 is 0 Å². The summed E-state index contributed by atoms with van der Waals surface area (Å²) in [6.45, 7) is 3.03. The first-order valence-electron chi connectivity index (χ1n) is 10.4. The van der Waals surface area contributed by atoms with Gasteiger partial charge < -0.3 is 19.3 Å². The number of carbonyl (C=O) groups is 2. The molecule has 2 aromatic rings. The van der Waals surface area contributed by atoms with E-state index in [1.165, 1.54) is 0 Å². The third-order valence-corrected chi connectivity index (χ3v) is 5.43. The number of benzene rings is 2. The maximum absolute atomic E-state index is 12.8. The van der Waals surface area contributed by atoms with Crippen LogP contribution in [0.25, 0.3) is 0 Å². The molecular formula is C24H30N2O4. The Morgan fingerprint density at radius 3 is 2.13 bits per heavy atom. The van der Waals surface area contributed by atoms with E-state index in [9.17, 15) is 9.59 Å². The standard InChI is InChI=1S/C24H30N2O4/c1-29-18-20-4-9-21(10-5-20)24(28)26-15-3-14-25(16-17-26)23(27)13-8-19-6-11-22(30-2)12-7-19/h4-7,9-12H,3,8,13-18H2,1-2H3. The van der Waals surface area contributed by atoms with Crippen LogP contribution in [0.3, 0.4) is 0 Å². The lowest BCUT2D eigenvalue weighted by atomic mass is 10.1. The summed E-state index contributed by atoms with van der Waals surface area (Å²) in [5.74, 6) is 0.978. The van der Waals surface area contributed by atoms with Gasteiger partial charge >= 0.3 is 0 Å². The number of carbonyl (C=O) groups excluding carboxylic acids is 2. The van der Waals surface area contributed by atoms with Crippen LogP contribution in [0.15, 0.2) is 48.5 Å². The van der Waals surface area contributed by atoms with Crippen molar-refractivity contribution in [2.45, 2.75) is 25.9 Å². The molecule has 0 bridgehead atoms. The molecule has 0 spiro atoms. The van der Waals surface area contributed by atoms with Gasteiger partial charge in [0, 0.05) is 45.3 Å². The second kappa shape index (κ2) is 10.8. The highest BCUT2D eigenvalue weighted by atomic mass is 16.5. The zero-order chi connectivity index (χ0) is 21.3. The van der Waals surface area contributed by atoms with Crippen molar-refractivity contribution < 1.29 is 19.1 Å². The summed E-state index contributed by atoms with van der Waals surface area (Å²) in [7, 11) is 3.29. The fraction of sp³-hybridized carbons (Fsp3) is 0.417. The fourth-order valence-corrected chi connectivity index (χ4v) is 3.66. The van der Waals surface area contributed by atoms with Gasteiger partial charge in [-0.05, 0) is 48.2 Å². The van der Waals surface area contributed by atoms with Gasteiger partial charge in [-0.25, -0.2) is 0 Å². The molecule has 30 heavy (non-hydrogen) atoms. The second-order valence-electron chi connectivity index (χ2n) is 7.50. The fourth-order valence-electron chi connectivity index (χ4n) is 3.66. The SMILES string of the molecule is COCc1ccc(C(=O)N2CCCN(C(=O)CCc3ccc(OC)cc3)CC2)cc1. The Morgan fingerprint density at radius 1 is 0.833 bits per heavy atom. The predicted molar refractivity (Wildman–Crippen MR) is 116 cm³/mol.